The average Bonchev–Trinajstić information content (AvgIpc) is 3.32. The van der Waals surface area contributed by atoms with Crippen LogP contribution in [0.25, 0.3) is 0 Å². The third-order valence-corrected chi connectivity index (χ3v) is 7.02. The number of alkyl halides is 3. The second kappa shape index (κ2) is 12.6. The number of benzene rings is 1. The molecule has 4 atom stereocenters. The molecule has 1 fully saturated rings. The molecule has 1 amide bonds. The minimum Gasteiger partial charge on any atom is -0.497 e. The maximum atomic E-state index is 14.4. The lowest BCUT2D eigenvalue weighted by Crippen LogP contribution is -2.57. The number of methoxy groups -OCH3 is 2. The van der Waals surface area contributed by atoms with Gasteiger partial charge in [0.25, 0.3) is 0 Å². The number of ether oxygens (including phenoxy) is 2. The molecule has 0 bridgehead atoms. The predicted octanol–water partition coefficient (Wildman–Crippen LogP) is 5.00. The van der Waals surface area contributed by atoms with E-state index < -0.39 is 30.1 Å². The van der Waals surface area contributed by atoms with Gasteiger partial charge in [-0.2, -0.15) is 13.2 Å². The molecule has 1 saturated heterocycles. The van der Waals surface area contributed by atoms with Gasteiger partial charge < -0.3 is 19.3 Å². The molecule has 0 spiro atoms. The van der Waals surface area contributed by atoms with Crippen LogP contribution in [-0.2, 0) is 9.53 Å². The van der Waals surface area contributed by atoms with Gasteiger partial charge in [0.15, 0.2) is 0 Å². The zero-order chi connectivity index (χ0) is 27.2. The van der Waals surface area contributed by atoms with Gasteiger partial charge in [-0.3, -0.25) is 4.79 Å². The topological polar surface area (TPSA) is 67.8 Å². The molecule has 0 saturated carbocycles. The summed E-state index contributed by atoms with van der Waals surface area (Å²) in [7, 11) is 3.02. The Bertz CT molecular complexity index is 1020. The van der Waals surface area contributed by atoms with Gasteiger partial charge in [-0.25, -0.2) is 9.97 Å². The van der Waals surface area contributed by atoms with Crippen LogP contribution in [-0.4, -0.2) is 73.0 Å². The molecular weight excluding hydrogens is 485 g/mol. The first kappa shape index (κ1) is 28.7. The molecule has 0 radical (unpaired) electrons. The van der Waals surface area contributed by atoms with Gasteiger partial charge in [-0.1, -0.05) is 32.4 Å². The van der Waals surface area contributed by atoms with E-state index in [4.69, 9.17) is 9.47 Å². The highest BCUT2D eigenvalue weighted by atomic mass is 19.4. The Balaban J connectivity index is 2.06. The van der Waals surface area contributed by atoms with Crippen LogP contribution in [0.4, 0.5) is 19.0 Å². The first-order valence-electron chi connectivity index (χ1n) is 12.7. The Hall–Kier alpha value is -2.88. The Morgan fingerprint density at radius 2 is 1.86 bits per heavy atom. The molecule has 204 valence electrons. The zero-order valence-electron chi connectivity index (χ0n) is 22.2. The molecule has 2 aromatic rings. The molecule has 7 nitrogen and oxygen atoms in total. The van der Waals surface area contributed by atoms with Gasteiger partial charge in [0.2, 0.25) is 5.91 Å². The molecule has 2 heterocycles. The van der Waals surface area contributed by atoms with Crippen LogP contribution in [0.3, 0.4) is 0 Å². The molecular formula is C27H37F3N4O3. The summed E-state index contributed by atoms with van der Waals surface area (Å²) in [6.45, 7) is 6.00. The SMILES string of the molecule is CCCC(N(C(=O)[C@@H]1CN(c2ccnc(C)n2)C[C@H]1c1ccc(OC)cc1)[C@@H](CC)COC)C(F)(F)F. The van der Waals surface area contributed by atoms with Gasteiger partial charge in [0.05, 0.1) is 25.7 Å². The number of nitrogens with zero attached hydrogens (tertiary/aromatic N) is 4. The summed E-state index contributed by atoms with van der Waals surface area (Å²) in [6, 6.07) is 6.56. The molecule has 1 aliphatic heterocycles. The summed E-state index contributed by atoms with van der Waals surface area (Å²) in [5, 5.41) is 0. The summed E-state index contributed by atoms with van der Waals surface area (Å²) >= 11 is 0. The monoisotopic (exact) mass is 522 g/mol. The molecule has 1 aromatic heterocycles. The number of halogens is 3. The molecule has 3 rings (SSSR count). The minimum absolute atomic E-state index is 0.0350. The second-order valence-electron chi connectivity index (χ2n) is 9.46. The van der Waals surface area contributed by atoms with Crippen molar-refractivity contribution < 1.29 is 27.4 Å². The van der Waals surface area contributed by atoms with Crippen molar-refractivity contribution in [3.05, 3.63) is 47.9 Å². The van der Waals surface area contributed by atoms with E-state index in [0.717, 1.165) is 10.5 Å². The largest absolute Gasteiger partial charge is 0.497 e. The number of anilines is 1. The highest BCUT2D eigenvalue weighted by Gasteiger charge is 2.50. The maximum absolute atomic E-state index is 14.4. The lowest BCUT2D eigenvalue weighted by Gasteiger charge is -2.40. The van der Waals surface area contributed by atoms with Crippen molar-refractivity contribution >= 4 is 11.7 Å². The van der Waals surface area contributed by atoms with Crippen molar-refractivity contribution in [2.75, 3.05) is 38.8 Å². The molecule has 0 aliphatic carbocycles. The molecule has 1 unspecified atom stereocenters. The smallest absolute Gasteiger partial charge is 0.408 e. The van der Waals surface area contributed by atoms with E-state index in [1.165, 1.54) is 7.11 Å². The van der Waals surface area contributed by atoms with E-state index in [0.29, 0.717) is 36.8 Å². The number of carbonyl (C=O) groups is 1. The van der Waals surface area contributed by atoms with Gasteiger partial charge >= 0.3 is 6.18 Å². The van der Waals surface area contributed by atoms with Crippen molar-refractivity contribution in [3.8, 4) is 5.75 Å². The fraction of sp³-hybridized carbons (Fsp3) is 0.593. The van der Waals surface area contributed by atoms with Gasteiger partial charge in [-0.05, 0) is 43.5 Å². The Morgan fingerprint density at radius 3 is 2.41 bits per heavy atom. The van der Waals surface area contributed by atoms with Gasteiger partial charge in [0.1, 0.15) is 23.4 Å². The fourth-order valence-electron chi connectivity index (χ4n) is 5.15. The Morgan fingerprint density at radius 1 is 1.16 bits per heavy atom. The van der Waals surface area contributed by atoms with E-state index in [-0.39, 0.29) is 25.5 Å². The van der Waals surface area contributed by atoms with Crippen LogP contribution in [0, 0.1) is 12.8 Å². The molecule has 37 heavy (non-hydrogen) atoms. The van der Waals surface area contributed by atoms with Crippen LogP contribution in [0.2, 0.25) is 0 Å². The number of aryl methyl sites for hydroxylation is 1. The summed E-state index contributed by atoms with van der Waals surface area (Å²) in [4.78, 5) is 25.9. The van der Waals surface area contributed by atoms with Crippen molar-refractivity contribution in [1.29, 1.82) is 0 Å². The third kappa shape index (κ3) is 6.71. The van der Waals surface area contributed by atoms with Crippen molar-refractivity contribution in [3.63, 3.8) is 0 Å². The highest BCUT2D eigenvalue weighted by molar-refractivity contribution is 5.82. The third-order valence-electron chi connectivity index (χ3n) is 7.02. The van der Waals surface area contributed by atoms with E-state index in [1.807, 2.05) is 29.2 Å². The van der Waals surface area contributed by atoms with Crippen LogP contribution in [0.15, 0.2) is 36.5 Å². The van der Waals surface area contributed by atoms with Crippen molar-refractivity contribution in [2.45, 2.75) is 64.2 Å². The van der Waals surface area contributed by atoms with E-state index in [1.54, 1.807) is 40.1 Å². The van der Waals surface area contributed by atoms with Crippen LogP contribution < -0.4 is 9.64 Å². The lowest BCUT2D eigenvalue weighted by atomic mass is 9.86. The average molecular weight is 523 g/mol. The lowest BCUT2D eigenvalue weighted by molar-refractivity contribution is -0.200. The van der Waals surface area contributed by atoms with Crippen LogP contribution in [0.1, 0.15) is 50.4 Å². The highest BCUT2D eigenvalue weighted by Crippen LogP contribution is 2.39. The number of amides is 1. The number of carbonyl (C=O) groups excluding carboxylic acids is 1. The quantitative estimate of drug-likeness (QED) is 0.414. The number of hydrogen-bond acceptors (Lipinski definition) is 6. The van der Waals surface area contributed by atoms with Crippen LogP contribution >= 0.6 is 0 Å². The molecule has 1 aliphatic rings. The zero-order valence-corrected chi connectivity index (χ0v) is 22.2. The Labute approximate surface area is 217 Å². The van der Waals surface area contributed by atoms with Crippen molar-refractivity contribution in [2.24, 2.45) is 5.92 Å². The second-order valence-corrected chi connectivity index (χ2v) is 9.46. The summed E-state index contributed by atoms with van der Waals surface area (Å²) < 4.78 is 53.6. The summed E-state index contributed by atoms with van der Waals surface area (Å²) in [5.41, 5.74) is 0.867. The predicted molar refractivity (Wildman–Crippen MR) is 136 cm³/mol. The fourth-order valence-corrected chi connectivity index (χ4v) is 5.15. The molecule has 0 N–H and O–H groups in total. The molecule has 1 aromatic carbocycles. The summed E-state index contributed by atoms with van der Waals surface area (Å²) in [5.74, 6) is 0.372. The number of hydrogen-bond donors (Lipinski definition) is 0. The minimum atomic E-state index is -4.55. The van der Waals surface area contributed by atoms with Gasteiger partial charge in [0, 0.05) is 32.3 Å². The van der Waals surface area contributed by atoms with E-state index in [9.17, 15) is 18.0 Å². The molecule has 10 heteroatoms. The maximum Gasteiger partial charge on any atom is 0.408 e. The first-order valence-corrected chi connectivity index (χ1v) is 12.7. The summed E-state index contributed by atoms with van der Waals surface area (Å²) in [6.07, 6.45) is -2.41. The van der Waals surface area contributed by atoms with Crippen molar-refractivity contribution in [1.82, 2.24) is 14.9 Å². The number of aromatic nitrogens is 2. The number of rotatable bonds is 11. The van der Waals surface area contributed by atoms with Gasteiger partial charge in [-0.15, -0.1) is 0 Å². The van der Waals surface area contributed by atoms with Crippen LogP contribution in [0.5, 0.6) is 5.75 Å². The standard InChI is InChI=1S/C27H37F3N4O3/c1-6-8-24(27(28,29)30)34(20(7-2)17-36-4)26(35)23-16-33(25-13-14-31-18(3)32-25)15-22(23)19-9-11-21(37-5)12-10-19/h9-14,20,22-24H,6-8,15-17H2,1-5H3/t20-,22-,23+,24?/m0/s1. The Kier molecular flexibility index (Phi) is 9.75. The van der Waals surface area contributed by atoms with E-state index in [2.05, 4.69) is 9.97 Å². The van der Waals surface area contributed by atoms with E-state index >= 15 is 0 Å². The normalized spacial score (nSPS) is 19.5. The first-order chi connectivity index (χ1) is 17.6.